The molecule has 3 rings (SSSR count). The molecule has 2 atom stereocenters. The lowest BCUT2D eigenvalue weighted by molar-refractivity contribution is -0.140. The van der Waals surface area contributed by atoms with Gasteiger partial charge >= 0.3 is 12.1 Å². The number of carboxylic acids is 1. The van der Waals surface area contributed by atoms with Crippen molar-refractivity contribution in [2.24, 2.45) is 0 Å². The van der Waals surface area contributed by atoms with Gasteiger partial charge in [-0.1, -0.05) is 12.1 Å². The summed E-state index contributed by atoms with van der Waals surface area (Å²) >= 11 is 0. The molecule has 0 radical (unpaired) electrons. The van der Waals surface area contributed by atoms with Crippen LogP contribution in [0.3, 0.4) is 0 Å². The molecule has 1 aromatic heterocycles. The standard InChI is InChI=1S/C14H12F3N3O2/c15-14(16,17)8-3-1-2-7(4-8)11-12-9(18-6-19-12)5-10(20-11)13(21)22/h1-4,6,10-11,20H,5H2,(H,18,19)(H,21,22)/t10-,11+/m1/s1. The number of halogens is 3. The number of carboxylic acid groups (broad SMARTS) is 1. The van der Waals surface area contributed by atoms with E-state index in [4.69, 9.17) is 0 Å². The van der Waals surface area contributed by atoms with Crippen LogP contribution in [0.2, 0.25) is 0 Å². The van der Waals surface area contributed by atoms with Gasteiger partial charge in [-0.05, 0) is 17.7 Å². The number of imidazole rings is 1. The molecular weight excluding hydrogens is 299 g/mol. The molecule has 1 aromatic carbocycles. The number of nitrogens with zero attached hydrogens (tertiary/aromatic N) is 1. The smallest absolute Gasteiger partial charge is 0.416 e. The normalized spacial score (nSPS) is 21.4. The maximum Gasteiger partial charge on any atom is 0.416 e. The van der Waals surface area contributed by atoms with Crippen molar-refractivity contribution in [1.82, 2.24) is 15.3 Å². The van der Waals surface area contributed by atoms with E-state index in [0.717, 1.165) is 12.1 Å². The Bertz CT molecular complexity index is 711. The summed E-state index contributed by atoms with van der Waals surface area (Å²) in [5.41, 5.74) is 0.695. The number of aromatic amines is 1. The quantitative estimate of drug-likeness (QED) is 0.794. The van der Waals surface area contributed by atoms with Gasteiger partial charge in [0.15, 0.2) is 0 Å². The van der Waals surface area contributed by atoms with Gasteiger partial charge in [0.2, 0.25) is 0 Å². The first-order chi connectivity index (χ1) is 10.4. The minimum absolute atomic E-state index is 0.208. The lowest BCUT2D eigenvalue weighted by atomic mass is 9.93. The fourth-order valence-corrected chi connectivity index (χ4v) is 2.59. The highest BCUT2D eigenvalue weighted by molar-refractivity contribution is 5.74. The third kappa shape index (κ3) is 2.57. The van der Waals surface area contributed by atoms with Crippen molar-refractivity contribution in [3.63, 3.8) is 0 Å². The third-order valence-electron chi connectivity index (χ3n) is 3.65. The molecule has 8 heteroatoms. The summed E-state index contributed by atoms with van der Waals surface area (Å²) in [5.74, 6) is -1.06. The van der Waals surface area contributed by atoms with Crippen molar-refractivity contribution in [2.45, 2.75) is 24.7 Å². The van der Waals surface area contributed by atoms with Crippen LogP contribution in [0, 0.1) is 0 Å². The molecule has 0 spiro atoms. The van der Waals surface area contributed by atoms with Crippen molar-refractivity contribution in [3.05, 3.63) is 53.1 Å². The molecule has 2 heterocycles. The van der Waals surface area contributed by atoms with Crippen LogP contribution in [0.1, 0.15) is 28.6 Å². The van der Waals surface area contributed by atoms with Crippen LogP contribution in [0.15, 0.2) is 30.6 Å². The first kappa shape index (κ1) is 14.6. The Morgan fingerprint density at radius 1 is 1.36 bits per heavy atom. The van der Waals surface area contributed by atoms with Crippen LogP contribution >= 0.6 is 0 Å². The van der Waals surface area contributed by atoms with E-state index in [-0.39, 0.29) is 6.42 Å². The largest absolute Gasteiger partial charge is 0.480 e. The van der Waals surface area contributed by atoms with Crippen molar-refractivity contribution in [1.29, 1.82) is 0 Å². The number of aliphatic carboxylic acids is 1. The number of alkyl halides is 3. The van der Waals surface area contributed by atoms with Crippen LogP contribution in [0.5, 0.6) is 0 Å². The van der Waals surface area contributed by atoms with Gasteiger partial charge in [-0.15, -0.1) is 0 Å². The van der Waals surface area contributed by atoms with Crippen molar-refractivity contribution >= 4 is 5.97 Å². The maximum atomic E-state index is 12.8. The second-order valence-corrected chi connectivity index (χ2v) is 5.08. The zero-order chi connectivity index (χ0) is 15.9. The summed E-state index contributed by atoms with van der Waals surface area (Å²) < 4.78 is 38.5. The van der Waals surface area contributed by atoms with Gasteiger partial charge in [0, 0.05) is 12.1 Å². The second-order valence-electron chi connectivity index (χ2n) is 5.08. The number of nitrogens with one attached hydrogen (secondary N) is 2. The van der Waals surface area contributed by atoms with Crippen LogP contribution in [0.25, 0.3) is 0 Å². The summed E-state index contributed by atoms with van der Waals surface area (Å²) in [4.78, 5) is 18.2. The average Bonchev–Trinajstić information content (AvgIpc) is 2.93. The predicted octanol–water partition coefficient (Wildman–Crippen LogP) is 2.12. The van der Waals surface area contributed by atoms with Gasteiger partial charge in [0.1, 0.15) is 6.04 Å². The van der Waals surface area contributed by atoms with Gasteiger partial charge < -0.3 is 10.1 Å². The molecule has 0 amide bonds. The van der Waals surface area contributed by atoms with Crippen molar-refractivity contribution in [3.8, 4) is 0 Å². The van der Waals surface area contributed by atoms with E-state index >= 15 is 0 Å². The number of benzene rings is 1. The van der Waals surface area contributed by atoms with E-state index in [1.54, 1.807) is 0 Å². The lowest BCUT2D eigenvalue weighted by Crippen LogP contribution is -2.45. The Hall–Kier alpha value is -2.35. The molecule has 1 aliphatic heterocycles. The molecule has 116 valence electrons. The summed E-state index contributed by atoms with van der Waals surface area (Å²) in [6.07, 6.45) is -2.83. The van der Waals surface area contributed by atoms with Crippen molar-refractivity contribution in [2.75, 3.05) is 0 Å². The van der Waals surface area contributed by atoms with E-state index in [1.807, 2.05) is 0 Å². The molecular formula is C14H12F3N3O2. The third-order valence-corrected chi connectivity index (χ3v) is 3.65. The fraction of sp³-hybridized carbons (Fsp3) is 0.286. The van der Waals surface area contributed by atoms with Crippen LogP contribution < -0.4 is 5.32 Å². The Labute approximate surface area is 123 Å². The second kappa shape index (κ2) is 5.13. The fourth-order valence-electron chi connectivity index (χ4n) is 2.59. The molecule has 0 saturated heterocycles. The number of aromatic nitrogens is 2. The number of rotatable bonds is 2. The number of hydrogen-bond acceptors (Lipinski definition) is 3. The van der Waals surface area contributed by atoms with Gasteiger partial charge in [0.25, 0.3) is 0 Å². The molecule has 3 N–H and O–H groups in total. The zero-order valence-corrected chi connectivity index (χ0v) is 11.2. The number of hydrogen-bond donors (Lipinski definition) is 3. The van der Waals surface area contributed by atoms with Gasteiger partial charge in [-0.3, -0.25) is 10.1 Å². The van der Waals surface area contributed by atoms with Crippen LogP contribution in [-0.2, 0) is 17.4 Å². The zero-order valence-electron chi connectivity index (χ0n) is 11.2. The van der Waals surface area contributed by atoms with Crippen LogP contribution in [0.4, 0.5) is 13.2 Å². The topological polar surface area (TPSA) is 78.0 Å². The van der Waals surface area contributed by atoms with Crippen molar-refractivity contribution < 1.29 is 23.1 Å². The molecule has 0 aliphatic carbocycles. The highest BCUT2D eigenvalue weighted by Crippen LogP contribution is 2.33. The minimum atomic E-state index is -4.45. The SMILES string of the molecule is O=C(O)[C@H]1Cc2[nH]cnc2[C@H](c2cccc(C(F)(F)F)c2)N1. The molecule has 1 aliphatic rings. The number of carbonyl (C=O) groups is 1. The summed E-state index contributed by atoms with van der Waals surface area (Å²) in [7, 11) is 0. The maximum absolute atomic E-state index is 12.8. The van der Waals surface area contributed by atoms with Gasteiger partial charge in [-0.2, -0.15) is 13.2 Å². The molecule has 0 saturated carbocycles. The molecule has 0 bridgehead atoms. The highest BCUT2D eigenvalue weighted by Gasteiger charge is 2.35. The van der Waals surface area contributed by atoms with E-state index in [0.29, 0.717) is 17.0 Å². The van der Waals surface area contributed by atoms with E-state index in [1.165, 1.54) is 18.5 Å². The summed E-state index contributed by atoms with van der Waals surface area (Å²) in [5, 5.41) is 12.0. The molecule has 22 heavy (non-hydrogen) atoms. The molecule has 0 unspecified atom stereocenters. The Morgan fingerprint density at radius 2 is 2.14 bits per heavy atom. The number of H-pyrrole nitrogens is 1. The molecule has 0 fully saturated rings. The first-order valence-electron chi connectivity index (χ1n) is 6.54. The Morgan fingerprint density at radius 3 is 2.82 bits per heavy atom. The van der Waals surface area contributed by atoms with Crippen LogP contribution in [-0.4, -0.2) is 27.1 Å². The van der Waals surface area contributed by atoms with E-state index < -0.39 is 29.8 Å². The van der Waals surface area contributed by atoms with E-state index in [2.05, 4.69) is 15.3 Å². The Kier molecular flexibility index (Phi) is 3.40. The number of fused-ring (bicyclic) bond motifs is 1. The van der Waals surface area contributed by atoms with E-state index in [9.17, 15) is 23.1 Å². The minimum Gasteiger partial charge on any atom is -0.480 e. The lowest BCUT2D eigenvalue weighted by Gasteiger charge is -2.28. The summed E-state index contributed by atoms with van der Waals surface area (Å²) in [6.45, 7) is 0. The molecule has 2 aromatic rings. The summed E-state index contributed by atoms with van der Waals surface area (Å²) in [6, 6.07) is 3.24. The highest BCUT2D eigenvalue weighted by atomic mass is 19.4. The predicted molar refractivity (Wildman–Crippen MR) is 70.1 cm³/mol. The first-order valence-corrected chi connectivity index (χ1v) is 6.54. The van der Waals surface area contributed by atoms with Gasteiger partial charge in [0.05, 0.1) is 23.6 Å². The monoisotopic (exact) mass is 311 g/mol. The van der Waals surface area contributed by atoms with Gasteiger partial charge in [-0.25, -0.2) is 4.98 Å². The Balaban J connectivity index is 2.02. The average molecular weight is 311 g/mol. The molecule has 5 nitrogen and oxygen atoms in total.